The second-order valence-corrected chi connectivity index (χ2v) is 4.17. The summed E-state index contributed by atoms with van der Waals surface area (Å²) in [6, 6.07) is -0.626. The van der Waals surface area contributed by atoms with Gasteiger partial charge in [0.25, 0.3) is 0 Å². The number of rotatable bonds is 5. The van der Waals surface area contributed by atoms with Crippen molar-refractivity contribution in [3.8, 4) is 0 Å². The van der Waals surface area contributed by atoms with Crippen LogP contribution >= 0.6 is 0 Å². The molecule has 0 spiro atoms. The second-order valence-electron chi connectivity index (χ2n) is 4.17. The Morgan fingerprint density at radius 3 is 2.73 bits per heavy atom. The van der Waals surface area contributed by atoms with Crippen LogP contribution < -0.4 is 0 Å². The lowest BCUT2D eigenvalue weighted by atomic mass is 10.0. The van der Waals surface area contributed by atoms with Gasteiger partial charge in [-0.05, 0) is 18.8 Å². The molecule has 0 radical (unpaired) electrons. The van der Waals surface area contributed by atoms with Gasteiger partial charge in [0.05, 0.1) is 0 Å². The number of carbonyl (C=O) groups excluding carboxylic acids is 1. The van der Waals surface area contributed by atoms with Crippen LogP contribution in [0.15, 0.2) is 0 Å². The summed E-state index contributed by atoms with van der Waals surface area (Å²) < 4.78 is 0. The van der Waals surface area contributed by atoms with E-state index in [2.05, 4.69) is 6.92 Å². The lowest BCUT2D eigenvalue weighted by Gasteiger charge is -2.23. The number of carbonyl (C=O) groups is 2. The van der Waals surface area contributed by atoms with E-state index >= 15 is 0 Å². The van der Waals surface area contributed by atoms with Gasteiger partial charge in [0.1, 0.15) is 6.04 Å². The first-order valence-corrected chi connectivity index (χ1v) is 5.62. The van der Waals surface area contributed by atoms with E-state index in [1.807, 2.05) is 0 Å². The van der Waals surface area contributed by atoms with Gasteiger partial charge >= 0.3 is 5.97 Å². The standard InChI is InChI=1S/C11H19NO3/c1-3-5-8-6-10(13)12(7-8)9(4-2)11(14)15/h8-9H,3-7H2,1-2H3,(H,14,15)/t8-,9-/m0/s1. The van der Waals surface area contributed by atoms with Gasteiger partial charge in [-0.25, -0.2) is 4.79 Å². The molecule has 4 nitrogen and oxygen atoms in total. The Labute approximate surface area is 90.3 Å². The predicted octanol–water partition coefficient (Wildman–Crippen LogP) is 1.50. The van der Waals surface area contributed by atoms with Crippen LogP contribution in [0.3, 0.4) is 0 Å². The highest BCUT2D eigenvalue weighted by atomic mass is 16.4. The van der Waals surface area contributed by atoms with Crippen LogP contribution in [0.5, 0.6) is 0 Å². The molecule has 0 saturated carbocycles. The average Bonchev–Trinajstić information content (AvgIpc) is 2.49. The number of carboxylic acid groups (broad SMARTS) is 1. The topological polar surface area (TPSA) is 57.6 Å². The van der Waals surface area contributed by atoms with Gasteiger partial charge in [0.2, 0.25) is 5.91 Å². The Balaban J connectivity index is 2.63. The van der Waals surface area contributed by atoms with E-state index in [1.165, 1.54) is 4.90 Å². The number of hydrogen-bond donors (Lipinski definition) is 1. The van der Waals surface area contributed by atoms with Crippen LogP contribution in [0.4, 0.5) is 0 Å². The number of nitrogens with zero attached hydrogens (tertiary/aromatic N) is 1. The average molecular weight is 213 g/mol. The van der Waals surface area contributed by atoms with E-state index in [-0.39, 0.29) is 5.91 Å². The summed E-state index contributed by atoms with van der Waals surface area (Å²) in [4.78, 5) is 24.1. The van der Waals surface area contributed by atoms with E-state index in [0.29, 0.717) is 25.3 Å². The van der Waals surface area contributed by atoms with Gasteiger partial charge in [-0.3, -0.25) is 4.79 Å². The molecule has 1 aliphatic heterocycles. The van der Waals surface area contributed by atoms with Gasteiger partial charge in [-0.15, -0.1) is 0 Å². The van der Waals surface area contributed by atoms with E-state index in [1.54, 1.807) is 6.92 Å². The molecule has 1 amide bonds. The van der Waals surface area contributed by atoms with Crippen molar-refractivity contribution in [3.63, 3.8) is 0 Å². The summed E-state index contributed by atoms with van der Waals surface area (Å²) in [6.07, 6.45) is 3.07. The predicted molar refractivity (Wildman–Crippen MR) is 56.4 cm³/mol. The van der Waals surface area contributed by atoms with Crippen molar-refractivity contribution in [3.05, 3.63) is 0 Å². The molecule has 0 aromatic rings. The van der Waals surface area contributed by atoms with Gasteiger partial charge in [0.15, 0.2) is 0 Å². The smallest absolute Gasteiger partial charge is 0.326 e. The molecule has 0 aromatic carbocycles. The summed E-state index contributed by atoms with van der Waals surface area (Å²) >= 11 is 0. The highest BCUT2D eigenvalue weighted by molar-refractivity contribution is 5.85. The van der Waals surface area contributed by atoms with Crippen molar-refractivity contribution in [2.45, 2.75) is 45.6 Å². The third-order valence-electron chi connectivity index (χ3n) is 2.98. The summed E-state index contributed by atoms with van der Waals surface area (Å²) in [5.41, 5.74) is 0. The molecule has 2 atom stereocenters. The van der Waals surface area contributed by atoms with Crippen molar-refractivity contribution in [2.75, 3.05) is 6.54 Å². The summed E-state index contributed by atoms with van der Waals surface area (Å²) in [5.74, 6) is -0.526. The molecule has 0 bridgehead atoms. The van der Waals surface area contributed by atoms with Crippen LogP contribution in [-0.2, 0) is 9.59 Å². The number of carboxylic acids is 1. The monoisotopic (exact) mass is 213 g/mol. The molecular formula is C11H19NO3. The highest BCUT2D eigenvalue weighted by Gasteiger charge is 2.36. The van der Waals surface area contributed by atoms with Gasteiger partial charge in [0, 0.05) is 13.0 Å². The third-order valence-corrected chi connectivity index (χ3v) is 2.98. The normalized spacial score (nSPS) is 23.2. The largest absolute Gasteiger partial charge is 0.480 e. The van der Waals surface area contributed by atoms with Crippen molar-refractivity contribution in [1.29, 1.82) is 0 Å². The minimum Gasteiger partial charge on any atom is -0.480 e. The van der Waals surface area contributed by atoms with Gasteiger partial charge in [-0.2, -0.15) is 0 Å². The Kier molecular flexibility index (Phi) is 4.12. The number of aliphatic carboxylic acids is 1. The number of likely N-dealkylation sites (tertiary alicyclic amines) is 1. The zero-order valence-corrected chi connectivity index (χ0v) is 9.40. The lowest BCUT2D eigenvalue weighted by molar-refractivity contribution is -0.148. The van der Waals surface area contributed by atoms with Crippen LogP contribution in [0.1, 0.15) is 39.5 Å². The molecule has 1 N–H and O–H groups in total. The summed E-state index contributed by atoms with van der Waals surface area (Å²) in [6.45, 7) is 4.51. The van der Waals surface area contributed by atoms with Crippen molar-refractivity contribution < 1.29 is 14.7 Å². The number of amides is 1. The maximum Gasteiger partial charge on any atom is 0.326 e. The SMILES string of the molecule is CCC[C@H]1CC(=O)N([C@@H](CC)C(=O)O)C1. The molecule has 1 heterocycles. The summed E-state index contributed by atoms with van der Waals surface area (Å²) in [5, 5.41) is 8.97. The number of hydrogen-bond acceptors (Lipinski definition) is 2. The summed E-state index contributed by atoms with van der Waals surface area (Å²) in [7, 11) is 0. The molecule has 0 aliphatic carbocycles. The fourth-order valence-corrected chi connectivity index (χ4v) is 2.24. The fourth-order valence-electron chi connectivity index (χ4n) is 2.24. The molecule has 86 valence electrons. The molecule has 1 aliphatic rings. The van der Waals surface area contributed by atoms with E-state index < -0.39 is 12.0 Å². The molecule has 4 heteroatoms. The van der Waals surface area contributed by atoms with Crippen LogP contribution in [0.2, 0.25) is 0 Å². The van der Waals surface area contributed by atoms with Crippen LogP contribution in [0.25, 0.3) is 0 Å². The van der Waals surface area contributed by atoms with Crippen LogP contribution in [-0.4, -0.2) is 34.5 Å². The first-order chi connectivity index (χ1) is 7.10. The van der Waals surface area contributed by atoms with Crippen molar-refractivity contribution >= 4 is 11.9 Å². The quantitative estimate of drug-likeness (QED) is 0.753. The van der Waals surface area contributed by atoms with Gasteiger partial charge in [-0.1, -0.05) is 20.3 Å². The Morgan fingerprint density at radius 2 is 2.27 bits per heavy atom. The molecule has 1 fully saturated rings. The van der Waals surface area contributed by atoms with E-state index in [0.717, 1.165) is 12.8 Å². The Hall–Kier alpha value is -1.06. The van der Waals surface area contributed by atoms with Crippen molar-refractivity contribution in [1.82, 2.24) is 4.90 Å². The minimum atomic E-state index is -0.886. The molecule has 0 unspecified atom stereocenters. The zero-order chi connectivity index (χ0) is 11.4. The first kappa shape index (κ1) is 12.0. The molecule has 0 aromatic heterocycles. The van der Waals surface area contributed by atoms with E-state index in [4.69, 9.17) is 5.11 Å². The van der Waals surface area contributed by atoms with Crippen molar-refractivity contribution in [2.24, 2.45) is 5.92 Å². The minimum absolute atomic E-state index is 0.00250. The maximum atomic E-state index is 11.6. The third kappa shape index (κ3) is 2.70. The first-order valence-electron chi connectivity index (χ1n) is 5.62. The molecule has 1 rings (SSSR count). The van der Waals surface area contributed by atoms with Gasteiger partial charge < -0.3 is 10.0 Å². The Bertz CT molecular complexity index is 252. The molecule has 1 saturated heterocycles. The second kappa shape index (κ2) is 5.14. The maximum absolute atomic E-state index is 11.6. The van der Waals surface area contributed by atoms with Crippen LogP contribution in [0, 0.1) is 5.92 Å². The highest BCUT2D eigenvalue weighted by Crippen LogP contribution is 2.24. The van der Waals surface area contributed by atoms with E-state index in [9.17, 15) is 9.59 Å². The Morgan fingerprint density at radius 1 is 1.60 bits per heavy atom. The molecule has 15 heavy (non-hydrogen) atoms. The fraction of sp³-hybridized carbons (Fsp3) is 0.818. The lowest BCUT2D eigenvalue weighted by Crippen LogP contribution is -2.41. The molecular weight excluding hydrogens is 194 g/mol. The zero-order valence-electron chi connectivity index (χ0n) is 9.40.